The number of carbonyl (C=O) groups excluding carboxylic acids is 1. The van der Waals surface area contributed by atoms with Gasteiger partial charge in [-0.2, -0.15) is 0 Å². The molecule has 0 aromatic rings. The summed E-state index contributed by atoms with van der Waals surface area (Å²) in [5.74, 6) is -0.154. The third-order valence-corrected chi connectivity index (χ3v) is 2.54. The topological polar surface area (TPSA) is 41.6 Å². The molecule has 1 aliphatic rings. The molecule has 1 unspecified atom stereocenters. The van der Waals surface area contributed by atoms with E-state index in [2.05, 4.69) is 32.7 Å². The number of nitrogens with zero attached hydrogens (tertiary/aromatic N) is 1. The fourth-order valence-electron chi connectivity index (χ4n) is 1.63. The molecule has 0 bridgehead atoms. The van der Waals surface area contributed by atoms with Gasteiger partial charge >= 0.3 is 5.97 Å². The minimum absolute atomic E-state index is 0.154. The molecule has 1 rings (SSSR count). The van der Waals surface area contributed by atoms with Crippen LogP contribution in [0.15, 0.2) is 11.1 Å². The van der Waals surface area contributed by atoms with E-state index in [0.29, 0.717) is 19.7 Å². The SMILES string of the molecule is C=C(Br)CN1CCNCC1C(=O)OCC. The summed E-state index contributed by atoms with van der Waals surface area (Å²) in [7, 11) is 0. The third-order valence-electron chi connectivity index (χ3n) is 2.29. The summed E-state index contributed by atoms with van der Waals surface area (Å²) in [4.78, 5) is 13.7. The third kappa shape index (κ3) is 3.93. The van der Waals surface area contributed by atoms with Gasteiger partial charge in [-0.1, -0.05) is 22.5 Å². The molecule has 1 fully saturated rings. The summed E-state index contributed by atoms with van der Waals surface area (Å²) in [6.07, 6.45) is 0. The lowest BCUT2D eigenvalue weighted by atomic mass is 10.2. The van der Waals surface area contributed by atoms with Crippen molar-refractivity contribution in [3.05, 3.63) is 11.1 Å². The number of halogens is 1. The van der Waals surface area contributed by atoms with Crippen molar-refractivity contribution < 1.29 is 9.53 Å². The zero-order chi connectivity index (χ0) is 11.3. The number of piperazine rings is 1. The van der Waals surface area contributed by atoms with Crippen molar-refractivity contribution in [3.8, 4) is 0 Å². The molecule has 0 saturated carbocycles. The molecule has 1 atom stereocenters. The van der Waals surface area contributed by atoms with Crippen molar-refractivity contribution in [1.29, 1.82) is 0 Å². The predicted molar refractivity (Wildman–Crippen MR) is 62.9 cm³/mol. The second-order valence-corrected chi connectivity index (χ2v) is 4.58. The lowest BCUT2D eigenvalue weighted by Crippen LogP contribution is -2.55. The predicted octanol–water partition coefficient (Wildman–Crippen LogP) is 0.732. The van der Waals surface area contributed by atoms with E-state index in [1.165, 1.54) is 0 Å². The van der Waals surface area contributed by atoms with E-state index in [1.54, 1.807) is 0 Å². The molecule has 0 radical (unpaired) electrons. The van der Waals surface area contributed by atoms with E-state index < -0.39 is 0 Å². The van der Waals surface area contributed by atoms with E-state index in [0.717, 1.165) is 17.6 Å². The summed E-state index contributed by atoms with van der Waals surface area (Å²) >= 11 is 3.32. The van der Waals surface area contributed by atoms with Crippen LogP contribution in [0.3, 0.4) is 0 Å². The fourth-order valence-corrected chi connectivity index (χ4v) is 1.95. The molecule has 5 heteroatoms. The lowest BCUT2D eigenvalue weighted by molar-refractivity contribution is -0.149. The second-order valence-electron chi connectivity index (χ2n) is 3.46. The Morgan fingerprint density at radius 3 is 3.07 bits per heavy atom. The van der Waals surface area contributed by atoms with Gasteiger partial charge in [0.05, 0.1) is 6.61 Å². The Kier molecular flexibility index (Phi) is 5.28. The van der Waals surface area contributed by atoms with Crippen LogP contribution < -0.4 is 5.32 Å². The van der Waals surface area contributed by atoms with Crippen LogP contribution in [0.4, 0.5) is 0 Å². The number of ether oxygens (including phenoxy) is 1. The highest BCUT2D eigenvalue weighted by molar-refractivity contribution is 9.11. The molecule has 1 saturated heterocycles. The summed E-state index contributed by atoms with van der Waals surface area (Å²) in [5.41, 5.74) is 0. The van der Waals surface area contributed by atoms with Gasteiger partial charge < -0.3 is 10.1 Å². The van der Waals surface area contributed by atoms with Gasteiger partial charge in [-0.25, -0.2) is 0 Å². The van der Waals surface area contributed by atoms with Gasteiger partial charge in [0.1, 0.15) is 6.04 Å². The number of esters is 1. The van der Waals surface area contributed by atoms with Gasteiger partial charge in [-0.05, 0) is 6.92 Å². The van der Waals surface area contributed by atoms with Crippen molar-refractivity contribution in [2.24, 2.45) is 0 Å². The van der Waals surface area contributed by atoms with Crippen LogP contribution in [0.2, 0.25) is 0 Å². The smallest absolute Gasteiger partial charge is 0.324 e. The second kappa shape index (κ2) is 6.25. The number of nitrogens with one attached hydrogen (secondary N) is 1. The molecule has 0 amide bonds. The van der Waals surface area contributed by atoms with Gasteiger partial charge in [-0.3, -0.25) is 9.69 Å². The van der Waals surface area contributed by atoms with Gasteiger partial charge in [0.25, 0.3) is 0 Å². The largest absolute Gasteiger partial charge is 0.465 e. The minimum Gasteiger partial charge on any atom is -0.465 e. The zero-order valence-corrected chi connectivity index (χ0v) is 10.5. The molecule has 0 aromatic heterocycles. The number of rotatable bonds is 4. The highest BCUT2D eigenvalue weighted by Crippen LogP contribution is 2.11. The zero-order valence-electron chi connectivity index (χ0n) is 8.96. The lowest BCUT2D eigenvalue weighted by Gasteiger charge is -2.34. The number of hydrogen-bond acceptors (Lipinski definition) is 4. The number of hydrogen-bond donors (Lipinski definition) is 1. The number of carbonyl (C=O) groups is 1. The first-order valence-electron chi connectivity index (χ1n) is 5.09. The molecular formula is C10H17BrN2O2. The Morgan fingerprint density at radius 1 is 1.73 bits per heavy atom. The van der Waals surface area contributed by atoms with Crippen molar-refractivity contribution in [1.82, 2.24) is 10.2 Å². The maximum Gasteiger partial charge on any atom is 0.324 e. The summed E-state index contributed by atoms with van der Waals surface area (Å²) in [6.45, 7) is 9.12. The van der Waals surface area contributed by atoms with Crippen LogP contribution >= 0.6 is 15.9 Å². The van der Waals surface area contributed by atoms with Crippen LogP contribution in [0, 0.1) is 0 Å². The summed E-state index contributed by atoms with van der Waals surface area (Å²) < 4.78 is 5.92. The van der Waals surface area contributed by atoms with Crippen LogP contribution in [0.1, 0.15) is 6.92 Å². The molecule has 0 spiro atoms. The van der Waals surface area contributed by atoms with Crippen LogP contribution in [0.25, 0.3) is 0 Å². The Bertz CT molecular complexity index is 246. The molecule has 15 heavy (non-hydrogen) atoms. The van der Waals surface area contributed by atoms with Crippen molar-refractivity contribution >= 4 is 21.9 Å². The van der Waals surface area contributed by atoms with E-state index in [-0.39, 0.29) is 12.0 Å². The van der Waals surface area contributed by atoms with Crippen molar-refractivity contribution in [2.45, 2.75) is 13.0 Å². The van der Waals surface area contributed by atoms with Crippen molar-refractivity contribution in [3.63, 3.8) is 0 Å². The Labute approximate surface area is 98.8 Å². The Morgan fingerprint density at radius 2 is 2.47 bits per heavy atom. The fraction of sp³-hybridized carbons (Fsp3) is 0.700. The molecule has 1 N–H and O–H groups in total. The minimum atomic E-state index is -0.187. The first-order valence-corrected chi connectivity index (χ1v) is 5.89. The Balaban J connectivity index is 2.56. The quantitative estimate of drug-likeness (QED) is 0.769. The van der Waals surface area contributed by atoms with E-state index in [1.807, 2.05) is 6.92 Å². The van der Waals surface area contributed by atoms with Gasteiger partial charge in [0.15, 0.2) is 0 Å². The first-order chi connectivity index (χ1) is 7.15. The van der Waals surface area contributed by atoms with Crippen LogP contribution in [-0.2, 0) is 9.53 Å². The molecular weight excluding hydrogens is 260 g/mol. The molecule has 86 valence electrons. The summed E-state index contributed by atoms with van der Waals surface area (Å²) in [5, 5.41) is 3.19. The highest BCUT2D eigenvalue weighted by Gasteiger charge is 2.29. The monoisotopic (exact) mass is 276 g/mol. The van der Waals surface area contributed by atoms with Crippen LogP contribution in [-0.4, -0.2) is 49.7 Å². The average molecular weight is 277 g/mol. The van der Waals surface area contributed by atoms with E-state index >= 15 is 0 Å². The van der Waals surface area contributed by atoms with E-state index in [9.17, 15) is 4.79 Å². The van der Waals surface area contributed by atoms with Gasteiger partial charge in [0.2, 0.25) is 0 Å². The molecule has 1 aliphatic heterocycles. The Hall–Kier alpha value is -0.390. The van der Waals surface area contributed by atoms with Crippen molar-refractivity contribution in [2.75, 3.05) is 32.8 Å². The molecule has 0 aromatic carbocycles. The molecule has 1 heterocycles. The van der Waals surface area contributed by atoms with Gasteiger partial charge in [0, 0.05) is 30.7 Å². The normalized spacial score (nSPS) is 22.4. The maximum atomic E-state index is 11.6. The average Bonchev–Trinajstić information content (AvgIpc) is 2.18. The molecule has 4 nitrogen and oxygen atoms in total. The first kappa shape index (κ1) is 12.7. The highest BCUT2D eigenvalue weighted by atomic mass is 79.9. The summed E-state index contributed by atoms with van der Waals surface area (Å²) in [6, 6.07) is -0.187. The maximum absolute atomic E-state index is 11.6. The van der Waals surface area contributed by atoms with Crippen LogP contribution in [0.5, 0.6) is 0 Å². The molecule has 0 aliphatic carbocycles. The van der Waals surface area contributed by atoms with Gasteiger partial charge in [-0.15, -0.1) is 0 Å². The standard InChI is InChI=1S/C10H17BrN2O2/c1-3-15-10(14)9-6-12-4-5-13(9)7-8(2)11/h9,12H,2-7H2,1H3. The van der Waals surface area contributed by atoms with E-state index in [4.69, 9.17) is 4.74 Å².